The second kappa shape index (κ2) is 11.2. The zero-order valence-corrected chi connectivity index (χ0v) is 12.3. The minimum atomic E-state index is 0.352. The van der Waals surface area contributed by atoms with Gasteiger partial charge in [0.2, 0.25) is 0 Å². The Balaban J connectivity index is 1.94. The average molecular weight is 271 g/mol. The van der Waals surface area contributed by atoms with Gasteiger partial charge in [-0.25, -0.2) is 0 Å². The highest BCUT2D eigenvalue weighted by atomic mass is 16.1. The molecule has 0 unspecified atom stereocenters. The number of unbranched alkanes of at least 4 members (excludes halogenated alkanes) is 7. The van der Waals surface area contributed by atoms with Crippen LogP contribution < -0.4 is 0 Å². The van der Waals surface area contributed by atoms with Crippen molar-refractivity contribution in [2.45, 2.75) is 64.2 Å². The SMILES string of the molecule is N#CCCCCCCCCCC(=O)Cc1ccccc1. The Morgan fingerprint density at radius 3 is 2.15 bits per heavy atom. The van der Waals surface area contributed by atoms with Crippen molar-refractivity contribution >= 4 is 5.78 Å². The van der Waals surface area contributed by atoms with Gasteiger partial charge in [-0.05, 0) is 18.4 Å². The number of ketones is 1. The van der Waals surface area contributed by atoms with Crippen LogP contribution >= 0.6 is 0 Å². The lowest BCUT2D eigenvalue weighted by Crippen LogP contribution is -2.02. The fourth-order valence-electron chi connectivity index (χ4n) is 2.32. The van der Waals surface area contributed by atoms with Crippen molar-refractivity contribution in [3.63, 3.8) is 0 Å². The molecule has 2 heteroatoms. The monoisotopic (exact) mass is 271 g/mol. The molecule has 0 saturated heterocycles. The van der Waals surface area contributed by atoms with E-state index in [0.29, 0.717) is 25.0 Å². The van der Waals surface area contributed by atoms with Gasteiger partial charge in [0.1, 0.15) is 5.78 Å². The van der Waals surface area contributed by atoms with Crippen LogP contribution in [0.3, 0.4) is 0 Å². The van der Waals surface area contributed by atoms with Crippen molar-refractivity contribution in [2.24, 2.45) is 0 Å². The second-order valence-corrected chi connectivity index (χ2v) is 5.33. The van der Waals surface area contributed by atoms with E-state index in [2.05, 4.69) is 6.07 Å². The fourth-order valence-corrected chi connectivity index (χ4v) is 2.32. The van der Waals surface area contributed by atoms with E-state index in [4.69, 9.17) is 5.26 Å². The highest BCUT2D eigenvalue weighted by Gasteiger charge is 2.03. The van der Waals surface area contributed by atoms with Crippen molar-refractivity contribution in [1.29, 1.82) is 5.26 Å². The molecule has 0 saturated carbocycles. The fraction of sp³-hybridized carbons (Fsp3) is 0.556. The third-order valence-corrected chi connectivity index (χ3v) is 3.49. The third-order valence-electron chi connectivity index (χ3n) is 3.49. The number of rotatable bonds is 11. The number of nitrogens with zero attached hydrogens (tertiary/aromatic N) is 1. The number of benzene rings is 1. The molecular formula is C18H25NO. The first kappa shape index (κ1) is 16.4. The average Bonchev–Trinajstić information content (AvgIpc) is 2.46. The zero-order valence-electron chi connectivity index (χ0n) is 12.3. The Labute approximate surface area is 122 Å². The normalized spacial score (nSPS) is 10.2. The van der Waals surface area contributed by atoms with Crippen LogP contribution in [0.1, 0.15) is 63.4 Å². The second-order valence-electron chi connectivity index (χ2n) is 5.33. The zero-order chi connectivity index (χ0) is 14.5. The molecule has 0 aromatic heterocycles. The van der Waals surface area contributed by atoms with Gasteiger partial charge in [-0.2, -0.15) is 5.26 Å². The lowest BCUT2D eigenvalue weighted by molar-refractivity contribution is -0.118. The minimum absolute atomic E-state index is 0.352. The van der Waals surface area contributed by atoms with E-state index in [1.807, 2.05) is 30.3 Å². The maximum absolute atomic E-state index is 11.8. The molecule has 0 amide bonds. The number of carbonyl (C=O) groups excluding carboxylic acids is 1. The molecule has 0 aliphatic rings. The number of carbonyl (C=O) groups is 1. The lowest BCUT2D eigenvalue weighted by atomic mass is 10.0. The first-order valence-corrected chi connectivity index (χ1v) is 7.75. The molecule has 0 heterocycles. The Morgan fingerprint density at radius 2 is 1.50 bits per heavy atom. The molecule has 1 rings (SSSR count). The predicted octanol–water partition coefficient (Wildman–Crippen LogP) is 4.83. The smallest absolute Gasteiger partial charge is 0.137 e. The van der Waals surface area contributed by atoms with E-state index in [0.717, 1.165) is 24.8 Å². The molecule has 108 valence electrons. The van der Waals surface area contributed by atoms with Gasteiger partial charge in [-0.3, -0.25) is 4.79 Å². The summed E-state index contributed by atoms with van der Waals surface area (Å²) in [6.07, 6.45) is 10.0. The van der Waals surface area contributed by atoms with Crippen LogP contribution in [-0.2, 0) is 11.2 Å². The number of hydrogen-bond acceptors (Lipinski definition) is 2. The topological polar surface area (TPSA) is 40.9 Å². The molecule has 20 heavy (non-hydrogen) atoms. The Bertz CT molecular complexity index is 405. The molecule has 2 nitrogen and oxygen atoms in total. The first-order valence-electron chi connectivity index (χ1n) is 7.75. The summed E-state index contributed by atoms with van der Waals surface area (Å²) in [5, 5.41) is 8.41. The maximum atomic E-state index is 11.8. The molecule has 0 atom stereocenters. The van der Waals surface area contributed by atoms with Gasteiger partial charge < -0.3 is 0 Å². The van der Waals surface area contributed by atoms with Crippen molar-refractivity contribution in [3.05, 3.63) is 35.9 Å². The molecule has 0 radical (unpaired) electrons. The minimum Gasteiger partial charge on any atom is -0.299 e. The van der Waals surface area contributed by atoms with E-state index in [-0.39, 0.29) is 0 Å². The largest absolute Gasteiger partial charge is 0.299 e. The molecular weight excluding hydrogens is 246 g/mol. The Morgan fingerprint density at radius 1 is 0.900 bits per heavy atom. The summed E-state index contributed by atoms with van der Waals surface area (Å²) in [6.45, 7) is 0. The predicted molar refractivity (Wildman–Crippen MR) is 82.3 cm³/mol. The standard InChI is InChI=1S/C18H25NO/c19-15-11-6-4-2-1-3-5-10-14-18(20)16-17-12-8-7-9-13-17/h7-9,12-13H,1-6,10-11,14,16H2. The molecule has 0 aliphatic heterocycles. The Hall–Kier alpha value is -1.62. The van der Waals surface area contributed by atoms with Gasteiger partial charge in [0.25, 0.3) is 0 Å². The van der Waals surface area contributed by atoms with E-state index in [1.54, 1.807) is 0 Å². The van der Waals surface area contributed by atoms with Gasteiger partial charge >= 0.3 is 0 Å². The molecule has 0 spiro atoms. The molecule has 0 N–H and O–H groups in total. The van der Waals surface area contributed by atoms with Gasteiger partial charge in [0, 0.05) is 19.3 Å². The summed E-state index contributed by atoms with van der Waals surface area (Å²) in [7, 11) is 0. The van der Waals surface area contributed by atoms with Crippen molar-refractivity contribution < 1.29 is 4.79 Å². The van der Waals surface area contributed by atoms with Crippen LogP contribution in [0.15, 0.2) is 30.3 Å². The summed E-state index contributed by atoms with van der Waals surface area (Å²) >= 11 is 0. The van der Waals surface area contributed by atoms with Gasteiger partial charge in [0.15, 0.2) is 0 Å². The number of Topliss-reactive ketones (excluding diaryl/α,β-unsaturated/α-hetero) is 1. The maximum Gasteiger partial charge on any atom is 0.137 e. The summed E-state index contributed by atoms with van der Waals surface area (Å²) in [6, 6.07) is 12.1. The van der Waals surface area contributed by atoms with Gasteiger partial charge in [-0.15, -0.1) is 0 Å². The van der Waals surface area contributed by atoms with Crippen molar-refractivity contribution in [1.82, 2.24) is 0 Å². The number of nitriles is 1. The quantitative estimate of drug-likeness (QED) is 0.541. The molecule has 0 bridgehead atoms. The van der Waals surface area contributed by atoms with E-state index < -0.39 is 0 Å². The first-order chi connectivity index (χ1) is 9.83. The number of hydrogen-bond donors (Lipinski definition) is 0. The van der Waals surface area contributed by atoms with E-state index in [9.17, 15) is 4.79 Å². The van der Waals surface area contributed by atoms with Gasteiger partial charge in [0.05, 0.1) is 6.07 Å². The summed E-state index contributed by atoms with van der Waals surface area (Å²) in [5.41, 5.74) is 1.12. The lowest BCUT2D eigenvalue weighted by Gasteiger charge is -2.02. The van der Waals surface area contributed by atoms with Crippen molar-refractivity contribution in [3.8, 4) is 6.07 Å². The van der Waals surface area contributed by atoms with Crippen molar-refractivity contribution in [2.75, 3.05) is 0 Å². The van der Waals surface area contributed by atoms with Crippen LogP contribution in [0, 0.1) is 11.3 Å². The molecule has 0 fully saturated rings. The van der Waals surface area contributed by atoms with Gasteiger partial charge in [-0.1, -0.05) is 62.4 Å². The molecule has 0 aliphatic carbocycles. The van der Waals surface area contributed by atoms with Crippen LogP contribution in [-0.4, -0.2) is 5.78 Å². The highest BCUT2D eigenvalue weighted by molar-refractivity contribution is 5.80. The summed E-state index contributed by atoms with van der Waals surface area (Å²) in [4.78, 5) is 11.8. The highest BCUT2D eigenvalue weighted by Crippen LogP contribution is 2.10. The van der Waals surface area contributed by atoms with E-state index >= 15 is 0 Å². The Kier molecular flexibility index (Phi) is 9.23. The summed E-state index contributed by atoms with van der Waals surface area (Å²) < 4.78 is 0. The third kappa shape index (κ3) is 8.48. The summed E-state index contributed by atoms with van der Waals surface area (Å²) in [5.74, 6) is 0.352. The van der Waals surface area contributed by atoms with Crippen LogP contribution in [0.25, 0.3) is 0 Å². The van der Waals surface area contributed by atoms with Crippen LogP contribution in [0.4, 0.5) is 0 Å². The van der Waals surface area contributed by atoms with E-state index in [1.165, 1.54) is 25.7 Å². The van der Waals surface area contributed by atoms with Crippen LogP contribution in [0.5, 0.6) is 0 Å². The molecule has 1 aromatic rings. The molecule has 1 aromatic carbocycles. The van der Waals surface area contributed by atoms with Crippen LogP contribution in [0.2, 0.25) is 0 Å².